The molecule has 0 saturated heterocycles. The number of hydrogen-bond acceptors (Lipinski definition) is 5. The Morgan fingerprint density at radius 1 is 1.45 bits per heavy atom. The van der Waals surface area contributed by atoms with Crippen LogP contribution in [0.3, 0.4) is 0 Å². The fourth-order valence-electron chi connectivity index (χ4n) is 2.44. The van der Waals surface area contributed by atoms with Crippen LogP contribution >= 0.6 is 0 Å². The van der Waals surface area contributed by atoms with Crippen molar-refractivity contribution >= 4 is 17.6 Å². The molecule has 0 atom stereocenters. The van der Waals surface area contributed by atoms with Crippen LogP contribution in [0.15, 0.2) is 6.20 Å². The van der Waals surface area contributed by atoms with Gasteiger partial charge in [0, 0.05) is 12.2 Å². The predicted molar refractivity (Wildman–Crippen MR) is 73.0 cm³/mol. The second-order valence-corrected chi connectivity index (χ2v) is 5.02. The van der Waals surface area contributed by atoms with Gasteiger partial charge in [-0.2, -0.15) is 5.10 Å². The van der Waals surface area contributed by atoms with Gasteiger partial charge in [-0.3, -0.25) is 9.48 Å². The van der Waals surface area contributed by atoms with Crippen LogP contribution in [0.2, 0.25) is 0 Å². The lowest BCUT2D eigenvalue weighted by Crippen LogP contribution is -2.38. The third kappa shape index (κ3) is 3.49. The van der Waals surface area contributed by atoms with Gasteiger partial charge in [0.25, 0.3) is 0 Å². The van der Waals surface area contributed by atoms with Crippen molar-refractivity contribution in [1.82, 2.24) is 15.1 Å². The van der Waals surface area contributed by atoms with Crippen molar-refractivity contribution in [2.45, 2.75) is 44.7 Å². The fourth-order valence-corrected chi connectivity index (χ4v) is 2.44. The largest absolute Gasteiger partial charge is 0.464 e. The monoisotopic (exact) mass is 280 g/mol. The third-order valence-corrected chi connectivity index (χ3v) is 3.44. The predicted octanol–water partition coefficient (Wildman–Crippen LogP) is 0.701. The Balaban J connectivity index is 1.92. The minimum atomic E-state index is -0.603. The summed E-state index contributed by atoms with van der Waals surface area (Å²) in [5, 5.41) is 6.95. The second-order valence-electron chi connectivity index (χ2n) is 5.02. The van der Waals surface area contributed by atoms with Gasteiger partial charge in [0.2, 0.25) is 5.91 Å². The molecular weight excluding hydrogens is 260 g/mol. The number of nitrogen functional groups attached to an aromatic ring is 1. The highest BCUT2D eigenvalue weighted by molar-refractivity contribution is 5.92. The number of aromatic nitrogens is 2. The Morgan fingerprint density at radius 3 is 2.80 bits per heavy atom. The molecule has 1 amide bonds. The zero-order chi connectivity index (χ0) is 14.5. The highest BCUT2D eigenvalue weighted by Gasteiger charge is 2.18. The Kier molecular flexibility index (Phi) is 4.60. The van der Waals surface area contributed by atoms with Gasteiger partial charge in [0.1, 0.15) is 6.54 Å². The molecule has 1 aliphatic rings. The van der Waals surface area contributed by atoms with Crippen molar-refractivity contribution in [1.29, 1.82) is 0 Å². The van der Waals surface area contributed by atoms with Gasteiger partial charge >= 0.3 is 5.97 Å². The Morgan fingerprint density at radius 2 is 2.15 bits per heavy atom. The highest BCUT2D eigenvalue weighted by Crippen LogP contribution is 2.17. The van der Waals surface area contributed by atoms with Gasteiger partial charge in [0.05, 0.1) is 12.8 Å². The Hall–Kier alpha value is -2.05. The molecular formula is C13H20N4O3. The number of anilines is 1. The average molecular weight is 280 g/mol. The second kappa shape index (κ2) is 6.40. The molecule has 0 bridgehead atoms. The van der Waals surface area contributed by atoms with E-state index in [0.29, 0.717) is 0 Å². The summed E-state index contributed by atoms with van der Waals surface area (Å²) in [5.74, 6) is -0.718. The summed E-state index contributed by atoms with van der Waals surface area (Å²) in [6.07, 6.45) is 7.08. The third-order valence-electron chi connectivity index (χ3n) is 3.44. The molecule has 0 aromatic carbocycles. The van der Waals surface area contributed by atoms with Gasteiger partial charge < -0.3 is 15.8 Å². The minimum Gasteiger partial charge on any atom is -0.464 e. The van der Waals surface area contributed by atoms with Crippen LogP contribution in [0.25, 0.3) is 0 Å². The first-order chi connectivity index (χ1) is 9.60. The van der Waals surface area contributed by atoms with Gasteiger partial charge in [-0.05, 0) is 12.8 Å². The smallest absolute Gasteiger partial charge is 0.360 e. The van der Waals surface area contributed by atoms with E-state index in [1.807, 2.05) is 0 Å². The van der Waals surface area contributed by atoms with Gasteiger partial charge in [-0.15, -0.1) is 0 Å². The number of amides is 1. The number of ether oxygens (including phenoxy) is 1. The standard InChI is InChI=1S/C13H20N4O3/c1-20-13(19)12-10(14)7-17(16-12)8-11(18)15-9-5-3-2-4-6-9/h7,9H,2-6,8,14H2,1H3,(H,15,18). The Bertz CT molecular complexity index is 492. The van der Waals surface area contributed by atoms with E-state index >= 15 is 0 Å². The maximum atomic E-state index is 11.9. The van der Waals surface area contributed by atoms with E-state index in [1.165, 1.54) is 24.4 Å². The van der Waals surface area contributed by atoms with Crippen LogP contribution in [0, 0.1) is 0 Å². The van der Waals surface area contributed by atoms with Crippen LogP contribution in [0.4, 0.5) is 5.69 Å². The van der Waals surface area contributed by atoms with Crippen molar-refractivity contribution in [2.24, 2.45) is 0 Å². The summed E-state index contributed by atoms with van der Waals surface area (Å²) in [5.41, 5.74) is 5.91. The summed E-state index contributed by atoms with van der Waals surface area (Å²) >= 11 is 0. The number of carbonyl (C=O) groups is 2. The molecule has 1 fully saturated rings. The lowest BCUT2D eigenvalue weighted by molar-refractivity contribution is -0.122. The van der Waals surface area contributed by atoms with Crippen LogP contribution in [0.1, 0.15) is 42.6 Å². The maximum absolute atomic E-state index is 11.9. The van der Waals surface area contributed by atoms with Crippen molar-refractivity contribution in [2.75, 3.05) is 12.8 Å². The number of esters is 1. The van der Waals surface area contributed by atoms with Gasteiger partial charge in [-0.25, -0.2) is 4.79 Å². The maximum Gasteiger partial charge on any atom is 0.360 e. The van der Waals surface area contributed by atoms with Crippen LogP contribution in [0.5, 0.6) is 0 Å². The molecule has 20 heavy (non-hydrogen) atoms. The van der Waals surface area contributed by atoms with E-state index in [4.69, 9.17) is 5.73 Å². The molecule has 7 nitrogen and oxygen atoms in total. The van der Waals surface area contributed by atoms with E-state index in [1.54, 1.807) is 0 Å². The molecule has 2 rings (SSSR count). The van der Waals surface area contributed by atoms with Crippen molar-refractivity contribution < 1.29 is 14.3 Å². The normalized spacial score (nSPS) is 15.8. The summed E-state index contributed by atoms with van der Waals surface area (Å²) in [6, 6.07) is 0.254. The van der Waals surface area contributed by atoms with Gasteiger partial charge in [0.15, 0.2) is 5.69 Å². The molecule has 0 unspecified atom stereocenters. The molecule has 3 N–H and O–H groups in total. The summed E-state index contributed by atoms with van der Waals surface area (Å²) in [4.78, 5) is 23.3. The number of nitrogens with one attached hydrogen (secondary N) is 1. The minimum absolute atomic E-state index is 0.0398. The van der Waals surface area contributed by atoms with E-state index in [2.05, 4.69) is 15.2 Å². The van der Waals surface area contributed by atoms with Crippen molar-refractivity contribution in [3.8, 4) is 0 Å². The van der Waals surface area contributed by atoms with Crippen LogP contribution < -0.4 is 11.1 Å². The number of rotatable bonds is 4. The summed E-state index contributed by atoms with van der Waals surface area (Å²) < 4.78 is 5.92. The molecule has 0 spiro atoms. The van der Waals surface area contributed by atoms with Gasteiger partial charge in [-0.1, -0.05) is 19.3 Å². The van der Waals surface area contributed by atoms with E-state index in [9.17, 15) is 9.59 Å². The summed E-state index contributed by atoms with van der Waals surface area (Å²) in [6.45, 7) is 0.0533. The first-order valence-electron chi connectivity index (χ1n) is 6.80. The first-order valence-corrected chi connectivity index (χ1v) is 6.80. The quantitative estimate of drug-likeness (QED) is 0.791. The molecule has 1 heterocycles. The topological polar surface area (TPSA) is 99.2 Å². The molecule has 0 radical (unpaired) electrons. The van der Waals surface area contributed by atoms with Crippen LogP contribution in [-0.2, 0) is 16.1 Å². The zero-order valence-electron chi connectivity index (χ0n) is 11.6. The van der Waals surface area contributed by atoms with E-state index in [0.717, 1.165) is 25.7 Å². The average Bonchev–Trinajstić information content (AvgIpc) is 2.79. The molecule has 7 heteroatoms. The lowest BCUT2D eigenvalue weighted by Gasteiger charge is -2.22. The highest BCUT2D eigenvalue weighted by atomic mass is 16.5. The number of hydrogen-bond donors (Lipinski definition) is 2. The number of carbonyl (C=O) groups excluding carboxylic acids is 2. The van der Waals surface area contributed by atoms with E-state index in [-0.39, 0.29) is 29.9 Å². The van der Waals surface area contributed by atoms with Crippen molar-refractivity contribution in [3.05, 3.63) is 11.9 Å². The van der Waals surface area contributed by atoms with E-state index < -0.39 is 5.97 Å². The zero-order valence-corrected chi connectivity index (χ0v) is 11.6. The van der Waals surface area contributed by atoms with Crippen molar-refractivity contribution in [3.63, 3.8) is 0 Å². The summed E-state index contributed by atoms with van der Waals surface area (Å²) in [7, 11) is 1.26. The molecule has 1 aliphatic carbocycles. The number of nitrogens with zero attached hydrogens (tertiary/aromatic N) is 2. The molecule has 1 saturated carbocycles. The fraction of sp³-hybridized carbons (Fsp3) is 0.615. The first kappa shape index (κ1) is 14.4. The number of methoxy groups -OCH3 is 1. The number of nitrogens with two attached hydrogens (primary N) is 1. The molecule has 0 aliphatic heterocycles. The molecule has 1 aromatic rings. The Labute approximate surface area is 117 Å². The molecule has 1 aromatic heterocycles. The SMILES string of the molecule is COC(=O)c1nn(CC(=O)NC2CCCCC2)cc1N. The molecule has 110 valence electrons. The van der Waals surface area contributed by atoms with Crippen LogP contribution in [-0.4, -0.2) is 34.8 Å². The lowest BCUT2D eigenvalue weighted by atomic mass is 9.95.